The Hall–Kier alpha value is -1.60. The summed E-state index contributed by atoms with van der Waals surface area (Å²) in [5.41, 5.74) is 5.81. The Morgan fingerprint density at radius 1 is 0.958 bits per heavy atom. The van der Waals surface area contributed by atoms with Crippen LogP contribution in [0.2, 0.25) is 5.82 Å². The molecule has 3 aliphatic carbocycles. The summed E-state index contributed by atoms with van der Waals surface area (Å²) in [4.78, 5) is 0. The Kier molecular flexibility index (Phi) is 4.46. The molecule has 0 aliphatic heterocycles. The number of hydrogen-bond donors (Lipinski definition) is 2. The van der Waals surface area contributed by atoms with Crippen LogP contribution in [0.1, 0.15) is 54.2 Å². The summed E-state index contributed by atoms with van der Waals surface area (Å²) in [6.45, 7) is 0. The molecule has 0 radical (unpaired) electrons. The van der Waals surface area contributed by atoms with Crippen LogP contribution in [0.25, 0.3) is 12.2 Å². The molecular weight excluding hydrogens is 301 g/mol. The first-order chi connectivity index (χ1) is 11.8. The Balaban J connectivity index is 1.74. The van der Waals surface area contributed by atoms with E-state index >= 15 is 0 Å². The summed E-state index contributed by atoms with van der Waals surface area (Å²) < 4.78 is 12.3. The molecule has 1 aromatic heterocycles. The van der Waals surface area contributed by atoms with Gasteiger partial charge in [0, 0.05) is 17.2 Å². The summed E-state index contributed by atoms with van der Waals surface area (Å²) in [5, 5.41) is 0. The van der Waals surface area contributed by atoms with Gasteiger partial charge in [-0.3, -0.25) is 0 Å². The lowest BCUT2D eigenvalue weighted by Gasteiger charge is -2.29. The quantitative estimate of drug-likeness (QED) is 0.507. The maximum atomic E-state index is 5.34. The summed E-state index contributed by atoms with van der Waals surface area (Å²) in [6, 6.07) is 0.277. The standard InChI is InChI=1S/C18H24BN3O2/c20-23-19(24-21)13-6-5-7-14(12-13)22-17-10-3-1-8-15(17)16-9-2-4-11-18(16)22/h3-5,7,10-11,13-14H,1-2,6,8-9,12,20-21H2. The highest BCUT2D eigenvalue weighted by molar-refractivity contribution is 6.46. The van der Waals surface area contributed by atoms with Crippen molar-refractivity contribution in [1.82, 2.24) is 4.57 Å². The molecule has 4 N–H and O–H groups in total. The van der Waals surface area contributed by atoms with Crippen LogP contribution < -0.4 is 11.8 Å². The summed E-state index contributed by atoms with van der Waals surface area (Å²) in [7, 11) is -0.564. The van der Waals surface area contributed by atoms with E-state index in [1.54, 1.807) is 0 Å². The average molecular weight is 325 g/mol. The maximum absolute atomic E-state index is 5.34. The van der Waals surface area contributed by atoms with Gasteiger partial charge in [-0.15, -0.1) is 0 Å². The van der Waals surface area contributed by atoms with Gasteiger partial charge in [-0.25, -0.2) is 11.8 Å². The van der Waals surface area contributed by atoms with Crippen molar-refractivity contribution in [3.63, 3.8) is 0 Å². The zero-order valence-corrected chi connectivity index (χ0v) is 13.9. The van der Waals surface area contributed by atoms with Crippen molar-refractivity contribution in [2.45, 2.75) is 50.4 Å². The number of nitrogens with zero attached hydrogens (tertiary/aromatic N) is 1. The van der Waals surface area contributed by atoms with Gasteiger partial charge in [0.25, 0.3) is 0 Å². The molecule has 5 nitrogen and oxygen atoms in total. The van der Waals surface area contributed by atoms with Crippen LogP contribution in [-0.2, 0) is 22.4 Å². The summed E-state index contributed by atoms with van der Waals surface area (Å²) in [5.74, 6) is 10.8. The van der Waals surface area contributed by atoms with Gasteiger partial charge < -0.3 is 14.1 Å². The first-order valence-corrected chi connectivity index (χ1v) is 8.80. The highest BCUT2D eigenvalue weighted by Crippen LogP contribution is 2.40. The van der Waals surface area contributed by atoms with Gasteiger partial charge in [0.1, 0.15) is 0 Å². The van der Waals surface area contributed by atoms with E-state index in [9.17, 15) is 0 Å². The molecule has 2 atom stereocenters. The minimum Gasteiger partial charge on any atom is -0.334 e. The molecule has 1 aromatic rings. The monoisotopic (exact) mass is 325 g/mol. The molecule has 6 heteroatoms. The molecule has 0 fully saturated rings. The average Bonchev–Trinajstić information content (AvgIpc) is 2.98. The minimum absolute atomic E-state index is 0.156. The fourth-order valence-corrected chi connectivity index (χ4v) is 4.42. The van der Waals surface area contributed by atoms with Crippen LogP contribution in [0, 0.1) is 0 Å². The first-order valence-electron chi connectivity index (χ1n) is 8.80. The minimum atomic E-state index is -0.564. The normalized spacial score (nSPS) is 24.8. The molecule has 4 rings (SSSR count). The van der Waals surface area contributed by atoms with Crippen molar-refractivity contribution >= 4 is 19.3 Å². The highest BCUT2D eigenvalue weighted by Gasteiger charge is 2.35. The van der Waals surface area contributed by atoms with E-state index in [0.717, 1.165) is 38.5 Å². The topological polar surface area (TPSA) is 75.4 Å². The van der Waals surface area contributed by atoms with Gasteiger partial charge in [0.2, 0.25) is 0 Å². The van der Waals surface area contributed by atoms with Gasteiger partial charge in [-0.1, -0.05) is 24.3 Å². The second-order valence-electron chi connectivity index (χ2n) is 6.85. The number of fused-ring (bicyclic) bond motifs is 3. The molecule has 0 bridgehead atoms. The number of hydrogen-bond acceptors (Lipinski definition) is 4. The highest BCUT2D eigenvalue weighted by atomic mass is 16.7. The van der Waals surface area contributed by atoms with E-state index in [2.05, 4.69) is 41.0 Å². The van der Waals surface area contributed by atoms with Gasteiger partial charge in [-0.05, 0) is 61.8 Å². The van der Waals surface area contributed by atoms with Crippen LogP contribution in [0.3, 0.4) is 0 Å². The second-order valence-corrected chi connectivity index (χ2v) is 6.85. The third-order valence-electron chi connectivity index (χ3n) is 5.50. The molecule has 24 heavy (non-hydrogen) atoms. The zero-order valence-electron chi connectivity index (χ0n) is 13.9. The second kappa shape index (κ2) is 6.72. The Labute approximate surface area is 143 Å². The SMILES string of the molecule is NOB(ON)C1CC=CC(n2c3c(c4c2C=CCC4)CCC=C3)C1. The predicted octanol–water partition coefficient (Wildman–Crippen LogP) is 2.94. The van der Waals surface area contributed by atoms with E-state index in [1.165, 1.54) is 22.5 Å². The molecule has 0 aromatic carbocycles. The molecular formula is C18H24BN3O2. The third-order valence-corrected chi connectivity index (χ3v) is 5.50. The summed E-state index contributed by atoms with van der Waals surface area (Å²) in [6.07, 6.45) is 20.0. The van der Waals surface area contributed by atoms with Crippen LogP contribution in [0.4, 0.5) is 0 Å². The lowest BCUT2D eigenvalue weighted by Crippen LogP contribution is -2.36. The molecule has 0 saturated heterocycles. The van der Waals surface area contributed by atoms with Crippen molar-refractivity contribution in [3.05, 3.63) is 46.8 Å². The lowest BCUT2D eigenvalue weighted by atomic mass is 9.65. The van der Waals surface area contributed by atoms with Crippen molar-refractivity contribution < 1.29 is 9.51 Å². The van der Waals surface area contributed by atoms with Crippen LogP contribution in [-0.4, -0.2) is 11.7 Å². The van der Waals surface area contributed by atoms with Crippen LogP contribution in [0.15, 0.2) is 24.3 Å². The fraction of sp³-hybridized carbons (Fsp3) is 0.444. The van der Waals surface area contributed by atoms with Crippen LogP contribution in [0.5, 0.6) is 0 Å². The van der Waals surface area contributed by atoms with Crippen molar-refractivity contribution in [2.24, 2.45) is 11.8 Å². The first kappa shape index (κ1) is 15.9. The van der Waals surface area contributed by atoms with Crippen LogP contribution >= 0.6 is 0 Å². The third kappa shape index (κ3) is 2.60. The van der Waals surface area contributed by atoms with Gasteiger partial charge in [-0.2, -0.15) is 0 Å². The molecule has 0 saturated carbocycles. The molecule has 1 heterocycles. The van der Waals surface area contributed by atoms with Gasteiger partial charge >= 0.3 is 7.12 Å². The van der Waals surface area contributed by atoms with E-state index in [1.807, 2.05) is 0 Å². The molecule has 0 spiro atoms. The van der Waals surface area contributed by atoms with Gasteiger partial charge in [0.15, 0.2) is 0 Å². The van der Waals surface area contributed by atoms with E-state index < -0.39 is 7.12 Å². The Morgan fingerprint density at radius 2 is 1.58 bits per heavy atom. The van der Waals surface area contributed by atoms with E-state index in [-0.39, 0.29) is 11.9 Å². The largest absolute Gasteiger partial charge is 0.494 e. The maximum Gasteiger partial charge on any atom is 0.494 e. The lowest BCUT2D eigenvalue weighted by molar-refractivity contribution is 0.189. The smallest absolute Gasteiger partial charge is 0.334 e. The zero-order chi connectivity index (χ0) is 16.5. The number of allylic oxidation sites excluding steroid dienone is 4. The molecule has 0 amide bonds. The fourth-order valence-electron chi connectivity index (χ4n) is 4.42. The van der Waals surface area contributed by atoms with E-state index in [4.69, 9.17) is 21.3 Å². The Morgan fingerprint density at radius 3 is 2.17 bits per heavy atom. The number of aromatic nitrogens is 1. The Bertz CT molecular complexity index is 664. The number of rotatable bonds is 4. The van der Waals surface area contributed by atoms with Crippen molar-refractivity contribution in [1.29, 1.82) is 0 Å². The molecule has 126 valence electrons. The van der Waals surface area contributed by atoms with Crippen molar-refractivity contribution in [3.8, 4) is 0 Å². The number of nitrogens with two attached hydrogens (primary N) is 2. The predicted molar refractivity (Wildman–Crippen MR) is 96.6 cm³/mol. The van der Waals surface area contributed by atoms with Gasteiger partial charge in [0.05, 0.1) is 6.04 Å². The van der Waals surface area contributed by atoms with E-state index in [0.29, 0.717) is 0 Å². The summed E-state index contributed by atoms with van der Waals surface area (Å²) >= 11 is 0. The molecule has 3 aliphatic rings. The molecule has 2 unspecified atom stereocenters. The van der Waals surface area contributed by atoms with Crippen molar-refractivity contribution in [2.75, 3.05) is 0 Å².